The van der Waals surface area contributed by atoms with E-state index in [9.17, 15) is 9.18 Å². The third-order valence-corrected chi connectivity index (χ3v) is 6.85. The lowest BCUT2D eigenvalue weighted by atomic mass is 9.92. The number of aromatic amines is 1. The van der Waals surface area contributed by atoms with E-state index < -0.39 is 17.9 Å². The number of amides is 1. The molecule has 1 unspecified atom stereocenters. The van der Waals surface area contributed by atoms with Crippen molar-refractivity contribution in [3.8, 4) is 29.4 Å². The summed E-state index contributed by atoms with van der Waals surface area (Å²) in [5, 5.41) is 3.07. The molecule has 0 aliphatic heterocycles. The molecular weight excluding hydrogens is 531 g/mol. The fourth-order valence-electron chi connectivity index (χ4n) is 4.51. The fraction of sp³-hybridized carbons (Fsp3) is 0.294. The first kappa shape index (κ1) is 30.5. The highest BCUT2D eigenvalue weighted by atomic mass is 19.1. The zero-order valence-corrected chi connectivity index (χ0v) is 24.4. The Kier molecular flexibility index (Phi) is 9.79. The van der Waals surface area contributed by atoms with Crippen LogP contribution in [0.15, 0.2) is 79.0 Å². The number of nitrogens with zero attached hydrogens (tertiary/aromatic N) is 1. The molecular formula is C34H37FN4O3. The molecule has 0 saturated heterocycles. The van der Waals surface area contributed by atoms with Gasteiger partial charge in [-0.25, -0.2) is 9.37 Å². The molecule has 1 heterocycles. The Hall–Kier alpha value is -4.45. The minimum Gasteiger partial charge on any atom is -0.491 e. The lowest BCUT2D eigenvalue weighted by Crippen LogP contribution is -2.39. The van der Waals surface area contributed by atoms with Crippen LogP contribution in [0.3, 0.4) is 0 Å². The number of halogens is 1. The number of nitrogens with two attached hydrogens (primary N) is 1. The van der Waals surface area contributed by atoms with Crippen molar-refractivity contribution >= 4 is 5.91 Å². The van der Waals surface area contributed by atoms with Crippen molar-refractivity contribution in [2.75, 3.05) is 13.2 Å². The largest absolute Gasteiger partial charge is 0.491 e. The summed E-state index contributed by atoms with van der Waals surface area (Å²) >= 11 is 0. The molecule has 1 aromatic heterocycles. The molecule has 3 aromatic carbocycles. The Balaban J connectivity index is 1.51. The van der Waals surface area contributed by atoms with Gasteiger partial charge in [-0.2, -0.15) is 0 Å². The highest BCUT2D eigenvalue weighted by Crippen LogP contribution is 2.32. The van der Waals surface area contributed by atoms with Gasteiger partial charge in [-0.05, 0) is 62.2 Å². The molecule has 7 nitrogen and oxygen atoms in total. The zero-order chi connectivity index (χ0) is 30.3. The van der Waals surface area contributed by atoms with Crippen LogP contribution in [0, 0.1) is 18.2 Å². The summed E-state index contributed by atoms with van der Waals surface area (Å²) in [7, 11) is 0. The molecule has 3 atom stereocenters. The monoisotopic (exact) mass is 568 g/mol. The maximum atomic E-state index is 14.8. The van der Waals surface area contributed by atoms with Gasteiger partial charge in [0.25, 0.3) is 0 Å². The second-order valence-electron chi connectivity index (χ2n) is 11.1. The first-order valence-corrected chi connectivity index (χ1v) is 13.8. The first-order chi connectivity index (χ1) is 20.1. The van der Waals surface area contributed by atoms with Gasteiger partial charge in [0, 0.05) is 17.0 Å². The quantitative estimate of drug-likeness (QED) is 0.151. The third-order valence-electron chi connectivity index (χ3n) is 6.85. The summed E-state index contributed by atoms with van der Waals surface area (Å²) in [6.07, 6.45) is 6.95. The minimum absolute atomic E-state index is 0.180. The van der Waals surface area contributed by atoms with Gasteiger partial charge < -0.3 is 25.5 Å². The second-order valence-corrected chi connectivity index (χ2v) is 11.1. The fourth-order valence-corrected chi connectivity index (χ4v) is 4.51. The van der Waals surface area contributed by atoms with Crippen molar-refractivity contribution < 1.29 is 18.7 Å². The molecule has 4 N–H and O–H groups in total. The van der Waals surface area contributed by atoms with Gasteiger partial charge in [0.15, 0.2) is 0 Å². The van der Waals surface area contributed by atoms with Crippen LogP contribution in [0.25, 0.3) is 11.3 Å². The number of carbonyl (C=O) groups excluding carboxylic acids is 1. The lowest BCUT2D eigenvalue weighted by Gasteiger charge is -2.26. The lowest BCUT2D eigenvalue weighted by molar-refractivity contribution is -0.123. The highest BCUT2D eigenvalue weighted by Gasteiger charge is 2.28. The van der Waals surface area contributed by atoms with E-state index >= 15 is 0 Å². The average Bonchev–Trinajstić information content (AvgIpc) is 3.47. The van der Waals surface area contributed by atoms with Gasteiger partial charge in [-0.1, -0.05) is 55.3 Å². The molecule has 42 heavy (non-hydrogen) atoms. The van der Waals surface area contributed by atoms with Crippen molar-refractivity contribution in [2.45, 2.75) is 51.3 Å². The normalized spacial score (nSPS) is 13.5. The number of carbonyl (C=O) groups is 1. The molecule has 218 valence electrons. The molecule has 0 bridgehead atoms. The van der Waals surface area contributed by atoms with Gasteiger partial charge in [0.2, 0.25) is 5.91 Å². The van der Waals surface area contributed by atoms with Crippen LogP contribution in [0.5, 0.6) is 5.75 Å². The zero-order valence-electron chi connectivity index (χ0n) is 24.4. The van der Waals surface area contributed by atoms with E-state index in [0.29, 0.717) is 47.2 Å². The van der Waals surface area contributed by atoms with E-state index in [0.717, 1.165) is 5.56 Å². The van der Waals surface area contributed by atoms with Gasteiger partial charge in [-0.3, -0.25) is 4.79 Å². The molecule has 0 radical (unpaired) electrons. The Morgan fingerprint density at radius 1 is 1.07 bits per heavy atom. The van der Waals surface area contributed by atoms with Crippen LogP contribution < -0.4 is 15.8 Å². The summed E-state index contributed by atoms with van der Waals surface area (Å²) in [5.74, 6) is 2.54. The van der Waals surface area contributed by atoms with Gasteiger partial charge in [0.1, 0.15) is 30.0 Å². The van der Waals surface area contributed by atoms with Gasteiger partial charge in [-0.15, -0.1) is 6.42 Å². The number of terminal acetylenes is 1. The summed E-state index contributed by atoms with van der Waals surface area (Å²) < 4.78 is 26.2. The molecule has 4 rings (SSSR count). The van der Waals surface area contributed by atoms with E-state index in [1.807, 2.05) is 58.0 Å². The molecule has 0 aliphatic rings. The maximum absolute atomic E-state index is 14.8. The van der Waals surface area contributed by atoms with Crippen LogP contribution in [-0.4, -0.2) is 34.7 Å². The molecule has 0 spiro atoms. The summed E-state index contributed by atoms with van der Waals surface area (Å²) in [5.41, 5.74) is 9.04. The van der Waals surface area contributed by atoms with E-state index in [-0.39, 0.29) is 17.4 Å². The van der Waals surface area contributed by atoms with Crippen molar-refractivity contribution in [1.29, 1.82) is 0 Å². The predicted octanol–water partition coefficient (Wildman–Crippen LogP) is 6.05. The van der Waals surface area contributed by atoms with Crippen LogP contribution in [0.2, 0.25) is 0 Å². The summed E-state index contributed by atoms with van der Waals surface area (Å²) in [6.45, 7) is 8.83. The van der Waals surface area contributed by atoms with Crippen LogP contribution in [0.4, 0.5) is 4.39 Å². The Bertz CT molecular complexity index is 1520. The van der Waals surface area contributed by atoms with Crippen LogP contribution in [-0.2, 0) is 9.53 Å². The molecule has 8 heteroatoms. The number of hydrogen-bond donors (Lipinski definition) is 3. The number of imidazole rings is 1. The molecule has 0 fully saturated rings. The first-order valence-electron chi connectivity index (χ1n) is 13.8. The van der Waals surface area contributed by atoms with E-state index in [1.165, 1.54) is 6.07 Å². The van der Waals surface area contributed by atoms with E-state index in [4.69, 9.17) is 21.6 Å². The van der Waals surface area contributed by atoms with Crippen molar-refractivity contribution in [2.24, 2.45) is 5.73 Å². The molecule has 0 aliphatic carbocycles. The van der Waals surface area contributed by atoms with Crippen LogP contribution in [0.1, 0.15) is 68.2 Å². The number of benzene rings is 3. The van der Waals surface area contributed by atoms with Crippen molar-refractivity contribution in [3.05, 3.63) is 107 Å². The van der Waals surface area contributed by atoms with Gasteiger partial charge >= 0.3 is 0 Å². The van der Waals surface area contributed by atoms with E-state index in [2.05, 4.69) is 21.2 Å². The standard InChI is InChI=1S/C34H37FN4O3/c1-6-23-12-17-27(28(35)20-23)29-21-37-32(38-29)31(22(2)24-10-8-7-9-11-24)39-33(40)30(36)25-13-15-26(16-14-25)41-18-19-42-34(3,4)5/h1,7-17,20-22,30-31H,18-19,36H2,2-5H3,(H,37,38)(H,39,40)/t22-,30?,31-/m0/s1. The topological polar surface area (TPSA) is 102 Å². The average molecular weight is 569 g/mol. The number of aromatic nitrogens is 2. The summed E-state index contributed by atoms with van der Waals surface area (Å²) in [4.78, 5) is 21.2. The molecule has 4 aromatic rings. The SMILES string of the molecule is C#Cc1ccc(-c2cnc([C@@H](NC(=O)C(N)c3ccc(OCCOC(C)(C)C)cc3)[C@@H](C)c3ccccc3)[nH]2)c(F)c1. The smallest absolute Gasteiger partial charge is 0.242 e. The van der Waals surface area contributed by atoms with Crippen molar-refractivity contribution in [1.82, 2.24) is 15.3 Å². The predicted molar refractivity (Wildman–Crippen MR) is 162 cm³/mol. The minimum atomic E-state index is -0.933. The maximum Gasteiger partial charge on any atom is 0.242 e. The Morgan fingerprint density at radius 2 is 1.79 bits per heavy atom. The van der Waals surface area contributed by atoms with Crippen molar-refractivity contribution in [3.63, 3.8) is 0 Å². The number of hydrogen-bond acceptors (Lipinski definition) is 5. The molecule has 0 saturated carbocycles. The molecule has 1 amide bonds. The van der Waals surface area contributed by atoms with Gasteiger partial charge in [0.05, 0.1) is 30.1 Å². The Labute approximate surface area is 246 Å². The number of ether oxygens (including phenoxy) is 2. The number of rotatable bonds is 11. The third kappa shape index (κ3) is 7.84. The number of nitrogens with one attached hydrogen (secondary N) is 2. The Morgan fingerprint density at radius 3 is 2.43 bits per heavy atom. The highest BCUT2D eigenvalue weighted by molar-refractivity contribution is 5.83. The van der Waals surface area contributed by atoms with E-state index in [1.54, 1.807) is 42.6 Å². The number of H-pyrrole nitrogens is 1. The van der Waals surface area contributed by atoms with Crippen LogP contribution >= 0.6 is 0 Å². The summed E-state index contributed by atoms with van der Waals surface area (Å²) in [6, 6.07) is 19.9. The second kappa shape index (κ2) is 13.5.